The van der Waals surface area contributed by atoms with Gasteiger partial charge >= 0.3 is 0 Å². The molecule has 0 saturated carbocycles. The van der Waals surface area contributed by atoms with Gasteiger partial charge in [0.25, 0.3) is 5.91 Å². The molecule has 8 nitrogen and oxygen atoms in total. The van der Waals surface area contributed by atoms with Crippen molar-refractivity contribution in [2.24, 2.45) is 0 Å². The van der Waals surface area contributed by atoms with Crippen LogP contribution in [0.15, 0.2) is 53.4 Å². The first kappa shape index (κ1) is 24.1. The first-order valence-corrected chi connectivity index (χ1v) is 12.2. The van der Waals surface area contributed by atoms with Gasteiger partial charge in [-0.1, -0.05) is 0 Å². The molecule has 0 aliphatic carbocycles. The molecule has 172 valence electrons. The van der Waals surface area contributed by atoms with Crippen molar-refractivity contribution in [2.45, 2.75) is 24.8 Å². The third-order valence-electron chi connectivity index (χ3n) is 4.93. The zero-order valence-corrected chi connectivity index (χ0v) is 20.0. The van der Waals surface area contributed by atoms with Crippen LogP contribution in [0.5, 0.6) is 5.75 Å². The molecular formula is C22H28N4O4S2. The summed E-state index contributed by atoms with van der Waals surface area (Å²) >= 11 is 5.22. The first-order valence-electron chi connectivity index (χ1n) is 10.3. The summed E-state index contributed by atoms with van der Waals surface area (Å²) in [6.45, 7) is 6.22. The topological polar surface area (TPSA) is 91.0 Å². The van der Waals surface area contributed by atoms with E-state index < -0.39 is 10.0 Å². The fourth-order valence-corrected chi connectivity index (χ4v) is 4.82. The van der Waals surface area contributed by atoms with Crippen molar-refractivity contribution in [1.29, 1.82) is 0 Å². The van der Waals surface area contributed by atoms with E-state index in [0.29, 0.717) is 43.2 Å². The van der Waals surface area contributed by atoms with E-state index in [1.807, 2.05) is 20.9 Å². The molecule has 2 aromatic rings. The Bertz CT molecular complexity index is 1050. The normalized spacial score (nSPS) is 15.4. The van der Waals surface area contributed by atoms with Crippen molar-refractivity contribution < 1.29 is 17.9 Å². The summed E-state index contributed by atoms with van der Waals surface area (Å²) < 4.78 is 32.7. The Kier molecular flexibility index (Phi) is 7.83. The number of carbonyl (C=O) groups excluding carboxylic acids is 1. The number of carbonyl (C=O) groups is 1. The number of ether oxygens (including phenoxy) is 1. The average Bonchev–Trinajstić information content (AvgIpc) is 2.74. The summed E-state index contributed by atoms with van der Waals surface area (Å²) in [5.41, 5.74) is 1.02. The Morgan fingerprint density at radius 1 is 1.00 bits per heavy atom. The quantitative estimate of drug-likeness (QED) is 0.619. The van der Waals surface area contributed by atoms with Gasteiger partial charge in [0.05, 0.1) is 11.0 Å². The summed E-state index contributed by atoms with van der Waals surface area (Å²) in [4.78, 5) is 14.7. The Balaban J connectivity index is 1.57. The Labute approximate surface area is 194 Å². The van der Waals surface area contributed by atoms with E-state index in [9.17, 15) is 13.2 Å². The minimum absolute atomic E-state index is 0.0504. The lowest BCUT2D eigenvalue weighted by molar-refractivity contribution is 0.0977. The zero-order chi connectivity index (χ0) is 23.3. The van der Waals surface area contributed by atoms with Gasteiger partial charge in [0.2, 0.25) is 10.0 Å². The predicted octanol–water partition coefficient (Wildman–Crippen LogP) is 2.54. The van der Waals surface area contributed by atoms with E-state index in [-0.39, 0.29) is 22.0 Å². The van der Waals surface area contributed by atoms with E-state index in [0.717, 1.165) is 0 Å². The number of hydrogen-bond acceptors (Lipinski definition) is 6. The van der Waals surface area contributed by atoms with Gasteiger partial charge in [-0.25, -0.2) is 8.42 Å². The van der Waals surface area contributed by atoms with Gasteiger partial charge in [0, 0.05) is 37.4 Å². The van der Waals surface area contributed by atoms with E-state index in [1.54, 1.807) is 36.4 Å². The van der Waals surface area contributed by atoms with Crippen LogP contribution < -0.4 is 15.4 Å². The van der Waals surface area contributed by atoms with Gasteiger partial charge in [-0.05, 0) is 81.6 Å². The molecule has 0 atom stereocenters. The monoisotopic (exact) mass is 476 g/mol. The number of nitrogens with zero attached hydrogens (tertiary/aromatic N) is 2. The second-order valence-corrected chi connectivity index (χ2v) is 10.2. The van der Waals surface area contributed by atoms with Crippen molar-refractivity contribution in [2.75, 3.05) is 38.5 Å². The highest BCUT2D eigenvalue weighted by atomic mass is 32.2. The maximum Gasteiger partial charge on any atom is 0.257 e. The second kappa shape index (κ2) is 10.4. The molecule has 1 aliphatic rings. The summed E-state index contributed by atoms with van der Waals surface area (Å²) in [6.07, 6.45) is 0.0504. The number of thiocarbonyl (C=S) groups is 1. The molecule has 10 heteroatoms. The van der Waals surface area contributed by atoms with E-state index in [1.165, 1.54) is 16.4 Å². The standard InChI is InChI=1S/C22H28N4O4S2/c1-16(2)30-19-8-4-17(5-9-19)21(27)24-22(31)23-18-6-10-20(11-7-18)32(28,29)26-14-12-25(3)13-15-26/h4-11,16H,12-15H2,1-3H3,(H2,23,24,27,31). The molecule has 3 rings (SSSR count). The number of rotatable bonds is 6. The van der Waals surface area contributed by atoms with Crippen LogP contribution in [0.3, 0.4) is 0 Å². The number of piperazine rings is 1. The van der Waals surface area contributed by atoms with Crippen molar-refractivity contribution >= 4 is 38.9 Å². The molecule has 0 aromatic heterocycles. The molecule has 1 saturated heterocycles. The first-order chi connectivity index (χ1) is 15.1. The average molecular weight is 477 g/mol. The van der Waals surface area contributed by atoms with Gasteiger partial charge in [-0.15, -0.1) is 0 Å². The molecular weight excluding hydrogens is 448 g/mol. The summed E-state index contributed by atoms with van der Waals surface area (Å²) in [7, 11) is -1.56. The number of amides is 1. The molecule has 0 radical (unpaired) electrons. The van der Waals surface area contributed by atoms with Crippen molar-refractivity contribution in [3.63, 3.8) is 0 Å². The van der Waals surface area contributed by atoms with Crippen LogP contribution in [0, 0.1) is 0 Å². The summed E-state index contributed by atoms with van der Waals surface area (Å²) in [5, 5.41) is 5.64. The predicted molar refractivity (Wildman–Crippen MR) is 129 cm³/mol. The van der Waals surface area contributed by atoms with Crippen molar-refractivity contribution in [3.05, 3.63) is 54.1 Å². The van der Waals surface area contributed by atoms with Gasteiger partial charge in [0.1, 0.15) is 5.75 Å². The van der Waals surface area contributed by atoms with Gasteiger partial charge < -0.3 is 15.0 Å². The molecule has 1 heterocycles. The molecule has 1 aliphatic heterocycles. The third-order valence-corrected chi connectivity index (χ3v) is 7.04. The van der Waals surface area contributed by atoms with Crippen molar-refractivity contribution in [1.82, 2.24) is 14.5 Å². The van der Waals surface area contributed by atoms with Crippen LogP contribution in [0.25, 0.3) is 0 Å². The van der Waals surface area contributed by atoms with Crippen LogP contribution in [0.2, 0.25) is 0 Å². The Morgan fingerprint density at radius 3 is 2.16 bits per heavy atom. The lowest BCUT2D eigenvalue weighted by atomic mass is 10.2. The van der Waals surface area contributed by atoms with E-state index in [4.69, 9.17) is 17.0 Å². The number of anilines is 1. The van der Waals surface area contributed by atoms with Gasteiger partial charge in [-0.2, -0.15) is 4.31 Å². The zero-order valence-electron chi connectivity index (χ0n) is 18.4. The van der Waals surface area contributed by atoms with Crippen LogP contribution in [0.4, 0.5) is 5.69 Å². The lowest BCUT2D eigenvalue weighted by Gasteiger charge is -2.31. The second-order valence-electron chi connectivity index (χ2n) is 7.83. The summed E-state index contributed by atoms with van der Waals surface area (Å²) in [6, 6.07) is 13.1. The number of likely N-dealkylation sites (N-methyl/N-ethyl adjacent to an activating group) is 1. The highest BCUT2D eigenvalue weighted by Gasteiger charge is 2.27. The molecule has 1 fully saturated rings. The number of benzene rings is 2. The van der Waals surface area contributed by atoms with Crippen LogP contribution in [-0.4, -0.2) is 68.0 Å². The minimum Gasteiger partial charge on any atom is -0.491 e. The van der Waals surface area contributed by atoms with E-state index in [2.05, 4.69) is 15.5 Å². The van der Waals surface area contributed by atoms with Crippen LogP contribution in [0.1, 0.15) is 24.2 Å². The lowest BCUT2D eigenvalue weighted by Crippen LogP contribution is -2.46. The highest BCUT2D eigenvalue weighted by molar-refractivity contribution is 7.89. The number of hydrogen-bond donors (Lipinski definition) is 2. The van der Waals surface area contributed by atoms with Crippen molar-refractivity contribution in [3.8, 4) is 5.75 Å². The fourth-order valence-electron chi connectivity index (χ4n) is 3.18. The summed E-state index contributed by atoms with van der Waals surface area (Å²) in [5.74, 6) is 0.330. The third kappa shape index (κ3) is 6.26. The molecule has 2 aromatic carbocycles. The molecule has 2 N–H and O–H groups in total. The Hall–Kier alpha value is -2.53. The number of sulfonamides is 1. The maximum atomic E-state index is 12.8. The Morgan fingerprint density at radius 2 is 1.59 bits per heavy atom. The number of nitrogens with one attached hydrogen (secondary N) is 2. The largest absolute Gasteiger partial charge is 0.491 e. The van der Waals surface area contributed by atoms with Crippen LogP contribution in [-0.2, 0) is 10.0 Å². The van der Waals surface area contributed by atoms with E-state index >= 15 is 0 Å². The minimum atomic E-state index is -3.53. The smallest absolute Gasteiger partial charge is 0.257 e. The highest BCUT2D eigenvalue weighted by Crippen LogP contribution is 2.20. The molecule has 1 amide bonds. The SMILES string of the molecule is CC(C)Oc1ccc(C(=O)NC(=S)Nc2ccc(S(=O)(=O)N3CCN(C)CC3)cc2)cc1. The molecule has 32 heavy (non-hydrogen) atoms. The molecule has 0 bridgehead atoms. The maximum absolute atomic E-state index is 12.8. The fraction of sp³-hybridized carbons (Fsp3) is 0.364. The van der Waals surface area contributed by atoms with Crippen LogP contribution >= 0.6 is 12.2 Å². The van der Waals surface area contributed by atoms with Gasteiger partial charge in [-0.3, -0.25) is 10.1 Å². The molecule has 0 spiro atoms. The van der Waals surface area contributed by atoms with Gasteiger partial charge in [0.15, 0.2) is 5.11 Å². The molecule has 0 unspecified atom stereocenters.